The van der Waals surface area contributed by atoms with Gasteiger partial charge < -0.3 is 29.5 Å². The number of hydrogen-bond acceptors (Lipinski definition) is 10. The molecule has 1 aromatic heterocycles. The molecule has 14 heteroatoms. The molecule has 3 aliphatic heterocycles. The molecule has 3 aliphatic rings. The number of carbonyl (C=O) groups is 1. The Hall–Kier alpha value is -2.71. The molecule has 1 aromatic carbocycles. The van der Waals surface area contributed by atoms with Gasteiger partial charge in [0.1, 0.15) is 46.7 Å². The zero-order valence-corrected chi connectivity index (χ0v) is 22.0. The topological polar surface area (TPSA) is 129 Å². The van der Waals surface area contributed by atoms with Gasteiger partial charge in [0.15, 0.2) is 6.10 Å². The standard InChI is InChI=1S/C25H30ClF2N5O6/c1-36-24-20(9-15-8-18(31-39-15)13-2-4-29-5-3-13)38-21(11-34)25(37-12-35)23(24)33-10-19(30-32-33)14-6-16(27)22(26)17(28)7-14/h6-7,10,12-13,15,20-21,23-25,29,34H,2-5,8-9,11H2,1H3/t15-,20-,21-,23+,24+,25+/m1/s1. The third-order valence-corrected chi connectivity index (χ3v) is 7.94. The van der Waals surface area contributed by atoms with Gasteiger partial charge in [-0.15, -0.1) is 5.10 Å². The lowest BCUT2D eigenvalue weighted by atomic mass is 9.86. The SMILES string of the molecule is CO[C@@H]1[C@H](n2cc(-c3cc(F)c(Cl)c(F)c3)nn2)[C@@H](OC=O)[C@@H](CO)O[C@@H]1C[C@H]1CC(C2CCNCC2)=NO1. The number of nitrogens with zero attached hydrogens (tertiary/aromatic N) is 4. The fourth-order valence-corrected chi connectivity index (χ4v) is 5.77. The number of benzene rings is 1. The number of oxime groups is 1. The summed E-state index contributed by atoms with van der Waals surface area (Å²) in [4.78, 5) is 17.2. The Morgan fingerprint density at radius 3 is 2.64 bits per heavy atom. The molecule has 0 aliphatic carbocycles. The van der Waals surface area contributed by atoms with Crippen molar-refractivity contribution in [1.29, 1.82) is 0 Å². The van der Waals surface area contributed by atoms with Crippen molar-refractivity contribution < 1.29 is 37.7 Å². The number of aromatic nitrogens is 3. The minimum atomic E-state index is -0.993. The van der Waals surface area contributed by atoms with E-state index in [1.165, 1.54) is 18.0 Å². The van der Waals surface area contributed by atoms with Crippen LogP contribution in [0.25, 0.3) is 11.3 Å². The molecule has 4 heterocycles. The molecule has 0 bridgehead atoms. The van der Waals surface area contributed by atoms with Crippen LogP contribution in [0.4, 0.5) is 8.78 Å². The molecule has 2 saturated heterocycles. The summed E-state index contributed by atoms with van der Waals surface area (Å²) in [6.07, 6.45) is 1.07. The second-order valence-corrected chi connectivity index (χ2v) is 10.3. The first-order valence-corrected chi connectivity index (χ1v) is 13.2. The van der Waals surface area contributed by atoms with Crippen LogP contribution < -0.4 is 5.32 Å². The molecular weight excluding hydrogens is 540 g/mol. The van der Waals surface area contributed by atoms with Crippen LogP contribution in [-0.2, 0) is 23.8 Å². The Balaban J connectivity index is 1.39. The Morgan fingerprint density at radius 2 is 1.97 bits per heavy atom. The van der Waals surface area contributed by atoms with E-state index < -0.39 is 53.7 Å². The van der Waals surface area contributed by atoms with Crippen molar-refractivity contribution in [2.24, 2.45) is 11.1 Å². The van der Waals surface area contributed by atoms with Crippen LogP contribution in [0.2, 0.25) is 5.02 Å². The number of carbonyl (C=O) groups excluding carboxylic acids is 1. The van der Waals surface area contributed by atoms with Gasteiger partial charge in [0.05, 0.1) is 24.6 Å². The smallest absolute Gasteiger partial charge is 0.293 e. The molecule has 0 unspecified atom stereocenters. The van der Waals surface area contributed by atoms with Crippen LogP contribution in [0.1, 0.15) is 31.7 Å². The molecule has 0 spiro atoms. The van der Waals surface area contributed by atoms with Gasteiger partial charge in [0.2, 0.25) is 0 Å². The number of methoxy groups -OCH3 is 1. The number of nitrogens with one attached hydrogen (secondary N) is 1. The van der Waals surface area contributed by atoms with Crippen LogP contribution in [0.5, 0.6) is 0 Å². The number of aliphatic hydroxyl groups is 1. The lowest BCUT2D eigenvalue weighted by molar-refractivity contribution is -0.225. The summed E-state index contributed by atoms with van der Waals surface area (Å²) < 4.78 is 46.9. The fraction of sp³-hybridized carbons (Fsp3) is 0.600. The van der Waals surface area contributed by atoms with E-state index in [-0.39, 0.29) is 23.8 Å². The molecule has 11 nitrogen and oxygen atoms in total. The summed E-state index contributed by atoms with van der Waals surface area (Å²) in [6.45, 7) is 1.70. The molecule has 39 heavy (non-hydrogen) atoms. The number of aliphatic hydroxyl groups excluding tert-OH is 1. The minimum Gasteiger partial charge on any atom is -0.459 e. The van der Waals surface area contributed by atoms with E-state index in [2.05, 4.69) is 20.8 Å². The van der Waals surface area contributed by atoms with Crippen LogP contribution in [0.3, 0.4) is 0 Å². The maximum absolute atomic E-state index is 14.1. The molecule has 0 amide bonds. The van der Waals surface area contributed by atoms with Gasteiger partial charge in [0, 0.05) is 31.4 Å². The van der Waals surface area contributed by atoms with E-state index in [4.69, 9.17) is 30.6 Å². The Labute approximate surface area is 228 Å². The average molecular weight is 570 g/mol. The minimum absolute atomic E-state index is 0.117. The monoisotopic (exact) mass is 569 g/mol. The summed E-state index contributed by atoms with van der Waals surface area (Å²) >= 11 is 5.61. The number of rotatable bonds is 9. The van der Waals surface area contributed by atoms with Crippen molar-refractivity contribution in [3.05, 3.63) is 35.0 Å². The van der Waals surface area contributed by atoms with E-state index in [9.17, 15) is 18.7 Å². The van der Waals surface area contributed by atoms with Crippen molar-refractivity contribution in [2.75, 3.05) is 26.8 Å². The molecule has 0 saturated carbocycles. The molecule has 2 aromatic rings. The summed E-state index contributed by atoms with van der Waals surface area (Å²) in [6, 6.07) is 1.31. The van der Waals surface area contributed by atoms with Crippen LogP contribution in [0, 0.1) is 17.6 Å². The normalized spacial score (nSPS) is 29.6. The Bertz CT molecular complexity index is 1170. The van der Waals surface area contributed by atoms with Crippen LogP contribution >= 0.6 is 11.6 Å². The molecular formula is C25H30ClF2N5O6. The second kappa shape index (κ2) is 12.2. The zero-order valence-electron chi connectivity index (χ0n) is 21.2. The summed E-state index contributed by atoms with van der Waals surface area (Å²) in [5, 5.41) is 25.4. The van der Waals surface area contributed by atoms with Crippen molar-refractivity contribution >= 4 is 23.8 Å². The van der Waals surface area contributed by atoms with Gasteiger partial charge in [0.25, 0.3) is 6.47 Å². The van der Waals surface area contributed by atoms with Gasteiger partial charge in [-0.05, 0) is 38.1 Å². The lowest BCUT2D eigenvalue weighted by Crippen LogP contribution is -2.58. The van der Waals surface area contributed by atoms with Gasteiger partial charge in [-0.3, -0.25) is 4.79 Å². The van der Waals surface area contributed by atoms with E-state index >= 15 is 0 Å². The molecule has 5 rings (SSSR count). The third-order valence-electron chi connectivity index (χ3n) is 7.58. The molecule has 6 atom stereocenters. The molecule has 0 radical (unpaired) electrons. The average Bonchev–Trinajstić information content (AvgIpc) is 3.62. The van der Waals surface area contributed by atoms with E-state index in [0.717, 1.165) is 43.8 Å². The highest BCUT2D eigenvalue weighted by Gasteiger charge is 2.50. The second-order valence-electron chi connectivity index (χ2n) is 9.90. The van der Waals surface area contributed by atoms with Crippen molar-refractivity contribution in [3.8, 4) is 11.3 Å². The van der Waals surface area contributed by atoms with Crippen LogP contribution in [-0.4, -0.2) is 89.6 Å². The molecule has 2 fully saturated rings. The first kappa shape index (κ1) is 27.8. The van der Waals surface area contributed by atoms with Crippen molar-refractivity contribution in [1.82, 2.24) is 20.3 Å². The quantitative estimate of drug-likeness (QED) is 0.345. The van der Waals surface area contributed by atoms with Gasteiger partial charge in [-0.25, -0.2) is 13.5 Å². The van der Waals surface area contributed by atoms with Crippen molar-refractivity contribution in [2.45, 2.75) is 62.2 Å². The summed E-state index contributed by atoms with van der Waals surface area (Å²) in [7, 11) is 1.49. The number of hydrogen-bond donors (Lipinski definition) is 2. The first-order valence-electron chi connectivity index (χ1n) is 12.8. The maximum atomic E-state index is 14.1. The molecule has 212 valence electrons. The van der Waals surface area contributed by atoms with E-state index in [1.54, 1.807) is 0 Å². The zero-order chi connectivity index (χ0) is 27.5. The predicted molar refractivity (Wildman–Crippen MR) is 134 cm³/mol. The third kappa shape index (κ3) is 5.78. The van der Waals surface area contributed by atoms with Gasteiger partial charge >= 0.3 is 0 Å². The first-order chi connectivity index (χ1) is 18.9. The highest BCUT2D eigenvalue weighted by molar-refractivity contribution is 6.31. The summed E-state index contributed by atoms with van der Waals surface area (Å²) in [5.74, 6) is -1.50. The van der Waals surface area contributed by atoms with E-state index in [1.807, 2.05) is 0 Å². The number of ether oxygens (including phenoxy) is 3. The summed E-state index contributed by atoms with van der Waals surface area (Å²) in [5.41, 5.74) is 1.31. The van der Waals surface area contributed by atoms with E-state index in [0.29, 0.717) is 18.8 Å². The number of piperidine rings is 1. The van der Waals surface area contributed by atoms with Crippen molar-refractivity contribution in [3.63, 3.8) is 0 Å². The highest BCUT2D eigenvalue weighted by atomic mass is 35.5. The number of halogens is 3. The van der Waals surface area contributed by atoms with Gasteiger partial charge in [-0.1, -0.05) is 22.0 Å². The maximum Gasteiger partial charge on any atom is 0.293 e. The predicted octanol–water partition coefficient (Wildman–Crippen LogP) is 2.27. The van der Waals surface area contributed by atoms with Gasteiger partial charge in [-0.2, -0.15) is 0 Å². The highest BCUT2D eigenvalue weighted by Crippen LogP contribution is 2.37. The van der Waals surface area contributed by atoms with Crippen LogP contribution in [0.15, 0.2) is 23.5 Å². The lowest BCUT2D eigenvalue weighted by Gasteiger charge is -2.45. The Morgan fingerprint density at radius 1 is 1.23 bits per heavy atom. The fourth-order valence-electron chi connectivity index (χ4n) is 5.66. The Kier molecular flexibility index (Phi) is 8.72. The largest absolute Gasteiger partial charge is 0.459 e. The molecule has 2 N–H and O–H groups in total.